The van der Waals surface area contributed by atoms with Gasteiger partial charge in [0, 0.05) is 44.0 Å². The fourth-order valence-corrected chi connectivity index (χ4v) is 2.31. The minimum Gasteiger partial charge on any atom is -0.444 e. The number of nitrogens with zero attached hydrogens (tertiary/aromatic N) is 4. The molecule has 1 fully saturated rings. The van der Waals surface area contributed by atoms with E-state index in [1.165, 1.54) is 5.69 Å². The molecule has 6 nitrogen and oxygen atoms in total. The molecular formula is C15H26N4O2. The molecule has 0 N–H and O–H groups in total. The summed E-state index contributed by atoms with van der Waals surface area (Å²) in [5.41, 5.74) is 0.770. The largest absolute Gasteiger partial charge is 0.444 e. The van der Waals surface area contributed by atoms with Crippen LogP contribution in [0.5, 0.6) is 0 Å². The predicted molar refractivity (Wildman–Crippen MR) is 81.3 cm³/mol. The van der Waals surface area contributed by atoms with Crippen LogP contribution in [0.1, 0.15) is 32.4 Å². The van der Waals surface area contributed by atoms with Crippen molar-refractivity contribution >= 4 is 6.09 Å². The molecule has 0 aromatic carbocycles. The highest BCUT2D eigenvalue weighted by atomic mass is 16.6. The highest BCUT2D eigenvalue weighted by Gasteiger charge is 2.36. The molecule has 21 heavy (non-hydrogen) atoms. The summed E-state index contributed by atoms with van der Waals surface area (Å²) >= 11 is 0. The van der Waals surface area contributed by atoms with E-state index in [-0.39, 0.29) is 6.09 Å². The average Bonchev–Trinajstić information content (AvgIpc) is 2.69. The molecule has 0 atom stereocenters. The second-order valence-electron chi connectivity index (χ2n) is 6.90. The zero-order valence-corrected chi connectivity index (χ0v) is 13.7. The van der Waals surface area contributed by atoms with Gasteiger partial charge in [0.25, 0.3) is 0 Å². The number of carbonyl (C=O) groups excluding carboxylic acids is 1. The molecule has 2 rings (SSSR count). The number of amides is 1. The van der Waals surface area contributed by atoms with Crippen LogP contribution in [-0.4, -0.2) is 64.8 Å². The Morgan fingerprint density at radius 2 is 2.10 bits per heavy atom. The summed E-state index contributed by atoms with van der Waals surface area (Å²) < 4.78 is 7.55. The average molecular weight is 294 g/mol. The van der Waals surface area contributed by atoms with Crippen molar-refractivity contribution in [2.24, 2.45) is 0 Å². The summed E-state index contributed by atoms with van der Waals surface area (Å²) in [5, 5.41) is 0. The molecule has 118 valence electrons. The lowest BCUT2D eigenvalue weighted by Gasteiger charge is -2.40. The van der Waals surface area contributed by atoms with Gasteiger partial charge in [0.1, 0.15) is 5.60 Å². The molecule has 0 spiro atoms. The first kappa shape index (κ1) is 15.8. The van der Waals surface area contributed by atoms with Gasteiger partial charge < -0.3 is 19.1 Å². The van der Waals surface area contributed by atoms with Crippen LogP contribution in [0, 0.1) is 0 Å². The van der Waals surface area contributed by atoms with Gasteiger partial charge in [0.05, 0.1) is 6.33 Å². The van der Waals surface area contributed by atoms with Crippen LogP contribution >= 0.6 is 0 Å². The zero-order valence-electron chi connectivity index (χ0n) is 13.7. The molecule has 0 saturated carbocycles. The van der Waals surface area contributed by atoms with Crippen LogP contribution in [-0.2, 0) is 11.3 Å². The highest BCUT2D eigenvalue weighted by molar-refractivity contribution is 5.69. The van der Waals surface area contributed by atoms with Gasteiger partial charge in [0.15, 0.2) is 0 Å². The summed E-state index contributed by atoms with van der Waals surface area (Å²) in [6.07, 6.45) is 3.56. The van der Waals surface area contributed by atoms with Crippen molar-refractivity contribution in [2.45, 2.75) is 38.8 Å². The monoisotopic (exact) mass is 294 g/mol. The van der Waals surface area contributed by atoms with Crippen molar-refractivity contribution in [3.05, 3.63) is 18.2 Å². The quantitative estimate of drug-likeness (QED) is 0.849. The van der Waals surface area contributed by atoms with Gasteiger partial charge in [-0.25, -0.2) is 9.78 Å². The van der Waals surface area contributed by atoms with Gasteiger partial charge in [-0.05, 0) is 34.9 Å². The molecule has 1 aliphatic rings. The summed E-state index contributed by atoms with van der Waals surface area (Å²) in [7, 11) is 4.12. The second-order valence-corrected chi connectivity index (χ2v) is 6.90. The van der Waals surface area contributed by atoms with E-state index in [0.29, 0.717) is 19.0 Å². The van der Waals surface area contributed by atoms with Gasteiger partial charge in [-0.1, -0.05) is 0 Å². The molecule has 2 heterocycles. The van der Waals surface area contributed by atoms with Crippen molar-refractivity contribution in [3.63, 3.8) is 0 Å². The third-order valence-electron chi connectivity index (χ3n) is 3.48. The molecule has 1 amide bonds. The fraction of sp³-hybridized carbons (Fsp3) is 0.733. The number of aromatic nitrogens is 2. The number of imidazole rings is 1. The Balaban J connectivity index is 1.87. The van der Waals surface area contributed by atoms with Gasteiger partial charge in [0.2, 0.25) is 0 Å². The maximum absolute atomic E-state index is 11.9. The maximum atomic E-state index is 11.9. The van der Waals surface area contributed by atoms with Crippen LogP contribution in [0.3, 0.4) is 0 Å². The Hall–Kier alpha value is -1.56. The Morgan fingerprint density at radius 1 is 1.43 bits per heavy atom. The third-order valence-corrected chi connectivity index (χ3v) is 3.48. The fourth-order valence-electron chi connectivity index (χ4n) is 2.31. The number of hydrogen-bond acceptors (Lipinski definition) is 4. The normalized spacial score (nSPS) is 16.2. The number of carbonyl (C=O) groups is 1. The van der Waals surface area contributed by atoms with E-state index in [2.05, 4.69) is 28.5 Å². The van der Waals surface area contributed by atoms with Crippen LogP contribution in [0.4, 0.5) is 4.79 Å². The van der Waals surface area contributed by atoms with Crippen LogP contribution in [0.2, 0.25) is 0 Å². The van der Waals surface area contributed by atoms with Crippen molar-refractivity contribution in [3.8, 4) is 0 Å². The summed E-state index contributed by atoms with van der Waals surface area (Å²) in [6.45, 7) is 8.98. The standard InChI is InChI=1S/C15H26N4O2/c1-15(2,3)21-14(20)19-9-12(10-19)13-8-16-11-18(13)7-6-17(4)5/h8,11-12H,6-7,9-10H2,1-5H3. The molecular weight excluding hydrogens is 268 g/mol. The SMILES string of the molecule is CN(C)CCn1cncc1C1CN(C(=O)OC(C)(C)C)C1. The number of rotatable bonds is 4. The van der Waals surface area contributed by atoms with E-state index in [1.54, 1.807) is 4.90 Å². The van der Waals surface area contributed by atoms with E-state index in [9.17, 15) is 4.79 Å². The molecule has 1 aromatic rings. The first-order valence-electron chi connectivity index (χ1n) is 7.39. The molecule has 0 unspecified atom stereocenters. The van der Waals surface area contributed by atoms with E-state index in [1.807, 2.05) is 33.3 Å². The van der Waals surface area contributed by atoms with Crippen molar-refractivity contribution in [2.75, 3.05) is 33.7 Å². The molecule has 1 aromatic heterocycles. The van der Waals surface area contributed by atoms with Gasteiger partial charge >= 0.3 is 6.09 Å². The van der Waals surface area contributed by atoms with Crippen molar-refractivity contribution in [1.29, 1.82) is 0 Å². The first-order valence-corrected chi connectivity index (χ1v) is 7.39. The lowest BCUT2D eigenvalue weighted by molar-refractivity contribution is 0.00757. The van der Waals surface area contributed by atoms with E-state index in [0.717, 1.165) is 13.1 Å². The number of likely N-dealkylation sites (N-methyl/N-ethyl adjacent to an activating group) is 1. The maximum Gasteiger partial charge on any atom is 0.410 e. The molecule has 6 heteroatoms. The van der Waals surface area contributed by atoms with Gasteiger partial charge in [-0.3, -0.25) is 0 Å². The summed E-state index contributed by atoms with van der Waals surface area (Å²) in [4.78, 5) is 20.1. The summed E-state index contributed by atoms with van der Waals surface area (Å²) in [5.74, 6) is 0.363. The van der Waals surface area contributed by atoms with E-state index >= 15 is 0 Å². The van der Waals surface area contributed by atoms with E-state index < -0.39 is 5.60 Å². The van der Waals surface area contributed by atoms with Crippen molar-refractivity contribution in [1.82, 2.24) is 19.4 Å². The zero-order chi connectivity index (χ0) is 15.6. The summed E-state index contributed by atoms with van der Waals surface area (Å²) in [6, 6.07) is 0. The van der Waals surface area contributed by atoms with Crippen LogP contribution < -0.4 is 0 Å². The lowest BCUT2D eigenvalue weighted by Crippen LogP contribution is -2.50. The van der Waals surface area contributed by atoms with Gasteiger partial charge in [-0.15, -0.1) is 0 Å². The number of ether oxygens (including phenoxy) is 1. The Kier molecular flexibility index (Phi) is 4.56. The molecule has 1 aliphatic heterocycles. The molecule has 0 radical (unpaired) electrons. The minimum absolute atomic E-state index is 0.224. The van der Waals surface area contributed by atoms with Crippen molar-refractivity contribution < 1.29 is 9.53 Å². The Labute approximate surface area is 126 Å². The van der Waals surface area contributed by atoms with Gasteiger partial charge in [-0.2, -0.15) is 0 Å². The Morgan fingerprint density at radius 3 is 2.67 bits per heavy atom. The molecule has 0 aliphatic carbocycles. The predicted octanol–water partition coefficient (Wildman–Crippen LogP) is 1.78. The Bertz CT molecular complexity index is 484. The second kappa shape index (κ2) is 6.05. The van der Waals surface area contributed by atoms with Crippen LogP contribution in [0.15, 0.2) is 12.5 Å². The van der Waals surface area contributed by atoms with Crippen LogP contribution in [0.25, 0.3) is 0 Å². The molecule has 1 saturated heterocycles. The number of hydrogen-bond donors (Lipinski definition) is 0. The minimum atomic E-state index is -0.435. The first-order chi connectivity index (χ1) is 9.76. The number of likely N-dealkylation sites (tertiary alicyclic amines) is 1. The van der Waals surface area contributed by atoms with E-state index in [4.69, 9.17) is 4.74 Å². The third kappa shape index (κ3) is 4.20. The topological polar surface area (TPSA) is 50.6 Å². The highest BCUT2D eigenvalue weighted by Crippen LogP contribution is 2.28. The lowest BCUT2D eigenvalue weighted by atomic mass is 9.97. The molecule has 0 bridgehead atoms. The smallest absolute Gasteiger partial charge is 0.410 e.